The second-order valence-corrected chi connectivity index (χ2v) is 6.41. The lowest BCUT2D eigenvalue weighted by atomic mass is 9.70. The molecule has 1 atom stereocenters. The van der Waals surface area contributed by atoms with Gasteiger partial charge in [0.05, 0.1) is 7.11 Å². The van der Waals surface area contributed by atoms with Gasteiger partial charge in [-0.2, -0.15) is 0 Å². The zero-order valence-corrected chi connectivity index (χ0v) is 12.1. The fourth-order valence-electron chi connectivity index (χ4n) is 3.00. The molecule has 1 aromatic carbocycles. The molecule has 3 heteroatoms. The standard InChI is InChI=1S/C16H24FNO/c1-16(2)8-6-11(7-9-16)15(18)13-10-12(17)4-5-14(13)19-3/h4-5,10-11,15H,6-9,18H2,1-3H3. The van der Waals surface area contributed by atoms with Crippen LogP contribution in [0.25, 0.3) is 0 Å². The van der Waals surface area contributed by atoms with Crippen LogP contribution in [0.5, 0.6) is 5.75 Å². The zero-order chi connectivity index (χ0) is 14.0. The first-order chi connectivity index (χ1) is 8.93. The highest BCUT2D eigenvalue weighted by atomic mass is 19.1. The van der Waals surface area contributed by atoms with Crippen LogP contribution in [0, 0.1) is 17.2 Å². The molecule has 1 aromatic rings. The third-order valence-electron chi connectivity index (χ3n) is 4.44. The Morgan fingerprint density at radius 3 is 2.53 bits per heavy atom. The van der Waals surface area contributed by atoms with E-state index in [2.05, 4.69) is 13.8 Å². The summed E-state index contributed by atoms with van der Waals surface area (Å²) in [5, 5.41) is 0. The maximum absolute atomic E-state index is 13.4. The van der Waals surface area contributed by atoms with Crippen LogP contribution in [0.1, 0.15) is 51.1 Å². The Bertz CT molecular complexity index is 434. The lowest BCUT2D eigenvalue weighted by Gasteiger charge is -2.37. The quantitative estimate of drug-likeness (QED) is 0.894. The van der Waals surface area contributed by atoms with E-state index in [0.717, 1.165) is 18.4 Å². The van der Waals surface area contributed by atoms with Crippen LogP contribution in [-0.4, -0.2) is 7.11 Å². The molecule has 1 unspecified atom stereocenters. The second kappa shape index (κ2) is 5.49. The summed E-state index contributed by atoms with van der Waals surface area (Å²) < 4.78 is 18.7. The average Bonchev–Trinajstić information content (AvgIpc) is 2.38. The Morgan fingerprint density at radius 1 is 1.32 bits per heavy atom. The van der Waals surface area contributed by atoms with Crippen LogP contribution in [0.15, 0.2) is 18.2 Å². The summed E-state index contributed by atoms with van der Waals surface area (Å²) in [7, 11) is 1.60. The normalized spacial score (nSPS) is 21.1. The molecule has 19 heavy (non-hydrogen) atoms. The Kier molecular flexibility index (Phi) is 4.14. The van der Waals surface area contributed by atoms with E-state index >= 15 is 0 Å². The van der Waals surface area contributed by atoms with Crippen molar-refractivity contribution in [2.45, 2.75) is 45.6 Å². The fourth-order valence-corrected chi connectivity index (χ4v) is 3.00. The van der Waals surface area contributed by atoms with E-state index in [9.17, 15) is 4.39 Å². The highest BCUT2D eigenvalue weighted by Gasteiger charge is 2.31. The molecule has 106 valence electrons. The lowest BCUT2D eigenvalue weighted by molar-refractivity contribution is 0.172. The molecule has 1 fully saturated rings. The van der Waals surface area contributed by atoms with Gasteiger partial charge in [0, 0.05) is 11.6 Å². The number of nitrogens with two attached hydrogens (primary N) is 1. The van der Waals surface area contributed by atoms with Crippen LogP contribution >= 0.6 is 0 Å². The van der Waals surface area contributed by atoms with Gasteiger partial charge in [0.15, 0.2) is 0 Å². The number of ether oxygens (including phenoxy) is 1. The van der Waals surface area contributed by atoms with Crippen molar-refractivity contribution in [1.82, 2.24) is 0 Å². The smallest absolute Gasteiger partial charge is 0.123 e. The van der Waals surface area contributed by atoms with Gasteiger partial charge in [0.1, 0.15) is 11.6 Å². The Balaban J connectivity index is 2.16. The lowest BCUT2D eigenvalue weighted by Crippen LogP contribution is -2.29. The van der Waals surface area contributed by atoms with Crippen LogP contribution in [0.2, 0.25) is 0 Å². The summed E-state index contributed by atoms with van der Waals surface area (Å²) in [6.45, 7) is 4.61. The highest BCUT2D eigenvalue weighted by molar-refractivity contribution is 5.36. The van der Waals surface area contributed by atoms with E-state index in [1.54, 1.807) is 13.2 Å². The monoisotopic (exact) mass is 265 g/mol. The molecule has 0 aliphatic heterocycles. The van der Waals surface area contributed by atoms with E-state index in [4.69, 9.17) is 10.5 Å². The van der Waals surface area contributed by atoms with Gasteiger partial charge in [0.2, 0.25) is 0 Å². The van der Waals surface area contributed by atoms with E-state index in [1.807, 2.05) is 0 Å². The van der Waals surface area contributed by atoms with E-state index in [-0.39, 0.29) is 11.9 Å². The maximum atomic E-state index is 13.4. The molecule has 0 aromatic heterocycles. The second-order valence-electron chi connectivity index (χ2n) is 6.41. The molecule has 2 N–H and O–H groups in total. The molecule has 1 aliphatic carbocycles. The van der Waals surface area contributed by atoms with Gasteiger partial charge in [-0.3, -0.25) is 0 Å². The predicted octanol–water partition coefficient (Wildman–Crippen LogP) is 4.05. The summed E-state index contributed by atoms with van der Waals surface area (Å²) in [4.78, 5) is 0. The van der Waals surface area contributed by atoms with Crippen molar-refractivity contribution in [2.24, 2.45) is 17.1 Å². The van der Waals surface area contributed by atoms with Gasteiger partial charge in [0.25, 0.3) is 0 Å². The molecule has 0 spiro atoms. The molecular formula is C16H24FNO. The Labute approximate surface area is 115 Å². The van der Waals surface area contributed by atoms with Gasteiger partial charge >= 0.3 is 0 Å². The van der Waals surface area contributed by atoms with E-state index in [0.29, 0.717) is 17.1 Å². The predicted molar refractivity (Wildman–Crippen MR) is 75.6 cm³/mol. The summed E-state index contributed by atoms with van der Waals surface area (Å²) in [5.74, 6) is 0.866. The SMILES string of the molecule is COc1ccc(F)cc1C(N)C1CCC(C)(C)CC1. The number of hydrogen-bond donors (Lipinski definition) is 1. The Morgan fingerprint density at radius 2 is 1.95 bits per heavy atom. The molecule has 0 heterocycles. The minimum atomic E-state index is -0.248. The van der Waals surface area contributed by atoms with Gasteiger partial charge < -0.3 is 10.5 Å². The van der Waals surface area contributed by atoms with Gasteiger partial charge in [-0.05, 0) is 55.2 Å². The molecule has 0 radical (unpaired) electrons. The van der Waals surface area contributed by atoms with Crippen molar-refractivity contribution >= 4 is 0 Å². The molecular weight excluding hydrogens is 241 g/mol. The molecule has 1 aliphatic rings. The maximum Gasteiger partial charge on any atom is 0.123 e. The number of hydrogen-bond acceptors (Lipinski definition) is 2. The largest absolute Gasteiger partial charge is 0.496 e. The first kappa shape index (κ1) is 14.3. The molecule has 0 amide bonds. The van der Waals surface area contributed by atoms with Crippen molar-refractivity contribution in [3.05, 3.63) is 29.6 Å². The number of benzene rings is 1. The average molecular weight is 265 g/mol. The van der Waals surface area contributed by atoms with Crippen molar-refractivity contribution in [1.29, 1.82) is 0 Å². The Hall–Kier alpha value is -1.09. The van der Waals surface area contributed by atoms with Gasteiger partial charge in [-0.15, -0.1) is 0 Å². The summed E-state index contributed by atoms with van der Waals surface area (Å²) >= 11 is 0. The van der Waals surface area contributed by atoms with Crippen LogP contribution < -0.4 is 10.5 Å². The molecule has 0 saturated heterocycles. The van der Waals surface area contributed by atoms with Crippen molar-refractivity contribution in [2.75, 3.05) is 7.11 Å². The number of methoxy groups -OCH3 is 1. The van der Waals surface area contributed by atoms with Crippen molar-refractivity contribution < 1.29 is 9.13 Å². The molecule has 0 bridgehead atoms. The van der Waals surface area contributed by atoms with E-state index < -0.39 is 0 Å². The summed E-state index contributed by atoms with van der Waals surface area (Å²) in [5.41, 5.74) is 7.57. The van der Waals surface area contributed by atoms with Gasteiger partial charge in [-0.25, -0.2) is 4.39 Å². The summed E-state index contributed by atoms with van der Waals surface area (Å²) in [6.07, 6.45) is 4.58. The minimum absolute atomic E-state index is 0.137. The number of halogens is 1. The topological polar surface area (TPSA) is 35.2 Å². The number of rotatable bonds is 3. The van der Waals surface area contributed by atoms with Crippen LogP contribution in [-0.2, 0) is 0 Å². The van der Waals surface area contributed by atoms with Crippen LogP contribution in [0.3, 0.4) is 0 Å². The fraction of sp³-hybridized carbons (Fsp3) is 0.625. The van der Waals surface area contributed by atoms with Crippen molar-refractivity contribution in [3.63, 3.8) is 0 Å². The molecule has 2 rings (SSSR count). The third-order valence-corrected chi connectivity index (χ3v) is 4.44. The zero-order valence-electron chi connectivity index (χ0n) is 12.1. The molecule has 2 nitrogen and oxygen atoms in total. The van der Waals surface area contributed by atoms with Crippen LogP contribution in [0.4, 0.5) is 4.39 Å². The third kappa shape index (κ3) is 3.27. The first-order valence-electron chi connectivity index (χ1n) is 7.02. The summed E-state index contributed by atoms with van der Waals surface area (Å²) in [6, 6.07) is 4.46. The molecule has 1 saturated carbocycles. The van der Waals surface area contributed by atoms with Crippen molar-refractivity contribution in [3.8, 4) is 5.75 Å². The minimum Gasteiger partial charge on any atom is -0.496 e. The highest BCUT2D eigenvalue weighted by Crippen LogP contribution is 2.43. The van der Waals surface area contributed by atoms with E-state index in [1.165, 1.54) is 25.0 Å². The first-order valence-corrected chi connectivity index (χ1v) is 7.02. The van der Waals surface area contributed by atoms with Gasteiger partial charge in [-0.1, -0.05) is 13.8 Å².